The molecule has 0 N–H and O–H groups in total. The van der Waals surface area contributed by atoms with Gasteiger partial charge in [-0.25, -0.2) is 0 Å². The standard InChI is InChI=1S/C10H14.C8H12.2ClH.Ru/c1-8(2)10-6-4-9(3)5-7-10;1-2-4-6-8-7-5-3-1;;;/h4-8H,1-3H3;1-2,7-8H,3-6H2;2*1H;/q;;;;+2/p-2/b;2-1-,8-7?;;;. The van der Waals surface area contributed by atoms with Gasteiger partial charge in [-0.05, 0) is 44.1 Å². The second-order valence-corrected chi connectivity index (χ2v) is 5.16. The first-order chi connectivity index (χ1) is 8.70. The summed E-state index contributed by atoms with van der Waals surface area (Å²) in [6.07, 6.45) is 14.0. The van der Waals surface area contributed by atoms with Crippen molar-refractivity contribution in [3.05, 3.63) is 59.7 Å². The molecule has 0 amide bonds. The van der Waals surface area contributed by atoms with E-state index in [9.17, 15) is 0 Å². The molecule has 1 aliphatic carbocycles. The van der Waals surface area contributed by atoms with E-state index in [1.165, 1.54) is 36.8 Å². The fourth-order valence-corrected chi connectivity index (χ4v) is 1.81. The van der Waals surface area contributed by atoms with Crippen molar-refractivity contribution in [2.75, 3.05) is 0 Å². The quantitative estimate of drug-likeness (QED) is 0.441. The van der Waals surface area contributed by atoms with E-state index in [2.05, 4.69) is 69.3 Å². The van der Waals surface area contributed by atoms with Crippen LogP contribution < -0.4 is 24.8 Å². The van der Waals surface area contributed by atoms with Crippen LogP contribution >= 0.6 is 0 Å². The molecule has 0 bridgehead atoms. The van der Waals surface area contributed by atoms with Crippen molar-refractivity contribution in [2.45, 2.75) is 52.4 Å². The minimum Gasteiger partial charge on any atom is -1.00 e. The summed E-state index contributed by atoms with van der Waals surface area (Å²) in [5, 5.41) is 0. The molecule has 1 aliphatic rings. The van der Waals surface area contributed by atoms with Gasteiger partial charge in [0.25, 0.3) is 0 Å². The van der Waals surface area contributed by atoms with E-state index < -0.39 is 0 Å². The van der Waals surface area contributed by atoms with E-state index in [-0.39, 0.29) is 44.3 Å². The predicted octanol–water partition coefficient (Wildman–Crippen LogP) is -0.203. The first-order valence-corrected chi connectivity index (χ1v) is 7.06. The fourth-order valence-electron chi connectivity index (χ4n) is 1.81. The Hall–Kier alpha value is -0.0966. The van der Waals surface area contributed by atoms with Gasteiger partial charge in [0.2, 0.25) is 0 Å². The zero-order chi connectivity index (χ0) is 13.2. The number of hydrogen-bond donors (Lipinski definition) is 0. The zero-order valence-corrected chi connectivity index (χ0v) is 16.4. The van der Waals surface area contributed by atoms with E-state index in [1.807, 2.05) is 0 Å². The summed E-state index contributed by atoms with van der Waals surface area (Å²) in [7, 11) is 0. The summed E-state index contributed by atoms with van der Waals surface area (Å²) >= 11 is 0. The van der Waals surface area contributed by atoms with E-state index in [4.69, 9.17) is 0 Å². The first kappa shape index (κ1) is 25.8. The molecule has 0 nitrogen and oxygen atoms in total. The maximum absolute atomic E-state index is 2.27. The average molecular weight is 414 g/mol. The third-order valence-corrected chi connectivity index (χ3v) is 3.08. The Morgan fingerprint density at radius 1 is 0.714 bits per heavy atom. The van der Waals surface area contributed by atoms with Gasteiger partial charge >= 0.3 is 19.5 Å². The third-order valence-electron chi connectivity index (χ3n) is 3.08. The Morgan fingerprint density at radius 2 is 1.05 bits per heavy atom. The molecule has 2 rings (SSSR count). The summed E-state index contributed by atoms with van der Waals surface area (Å²) in [5.41, 5.74) is 2.76. The Bertz CT molecular complexity index is 355. The van der Waals surface area contributed by atoms with Gasteiger partial charge in [0.1, 0.15) is 0 Å². The number of allylic oxidation sites excluding steroid dienone is 4. The topological polar surface area (TPSA) is 0 Å². The van der Waals surface area contributed by atoms with Crippen LogP contribution in [0.1, 0.15) is 56.6 Å². The van der Waals surface area contributed by atoms with E-state index in [1.54, 1.807) is 0 Å². The molecular formula is C18H26Cl2Ru. The minimum atomic E-state index is 0. The molecular weight excluding hydrogens is 388 g/mol. The molecule has 21 heavy (non-hydrogen) atoms. The van der Waals surface area contributed by atoms with Crippen molar-refractivity contribution in [1.82, 2.24) is 0 Å². The van der Waals surface area contributed by atoms with E-state index in [0.717, 1.165) is 0 Å². The second kappa shape index (κ2) is 16.3. The number of hydrogen-bond acceptors (Lipinski definition) is 0. The van der Waals surface area contributed by atoms with Crippen LogP contribution in [-0.2, 0) is 19.5 Å². The summed E-state index contributed by atoms with van der Waals surface area (Å²) in [4.78, 5) is 0. The van der Waals surface area contributed by atoms with Crippen LogP contribution in [0.25, 0.3) is 0 Å². The van der Waals surface area contributed by atoms with Crippen molar-refractivity contribution in [3.8, 4) is 0 Å². The number of halogens is 2. The molecule has 0 saturated heterocycles. The fraction of sp³-hybridized carbons (Fsp3) is 0.444. The first-order valence-electron chi connectivity index (χ1n) is 7.06. The van der Waals surface area contributed by atoms with Crippen LogP contribution in [0.5, 0.6) is 0 Å². The molecule has 1 aromatic carbocycles. The van der Waals surface area contributed by atoms with Crippen LogP contribution in [0.4, 0.5) is 0 Å². The average Bonchev–Trinajstić information content (AvgIpc) is 2.29. The van der Waals surface area contributed by atoms with Crippen molar-refractivity contribution in [1.29, 1.82) is 0 Å². The molecule has 0 radical (unpaired) electrons. The van der Waals surface area contributed by atoms with E-state index >= 15 is 0 Å². The van der Waals surface area contributed by atoms with Crippen LogP contribution in [0, 0.1) is 6.92 Å². The van der Waals surface area contributed by atoms with Crippen LogP contribution in [-0.4, -0.2) is 0 Å². The third kappa shape index (κ3) is 13.3. The van der Waals surface area contributed by atoms with Gasteiger partial charge in [-0.2, -0.15) is 0 Å². The van der Waals surface area contributed by atoms with Crippen molar-refractivity contribution >= 4 is 0 Å². The molecule has 120 valence electrons. The molecule has 0 spiro atoms. The SMILES string of the molecule is C1=CCC/C=C\CC1.Cc1ccc(C(C)C)cc1.[Cl-].[Cl-].[Ru+2]. The van der Waals surface area contributed by atoms with E-state index in [0.29, 0.717) is 5.92 Å². The summed E-state index contributed by atoms with van der Waals surface area (Å²) in [6, 6.07) is 8.71. The van der Waals surface area contributed by atoms with Gasteiger partial charge in [0.05, 0.1) is 0 Å². The van der Waals surface area contributed by atoms with Gasteiger partial charge in [0.15, 0.2) is 0 Å². The maximum Gasteiger partial charge on any atom is 2.00 e. The van der Waals surface area contributed by atoms with Crippen LogP contribution in [0.2, 0.25) is 0 Å². The molecule has 0 atom stereocenters. The zero-order valence-electron chi connectivity index (χ0n) is 13.1. The Morgan fingerprint density at radius 3 is 1.33 bits per heavy atom. The Labute approximate surface area is 156 Å². The van der Waals surface area contributed by atoms with Crippen molar-refractivity contribution < 1.29 is 44.3 Å². The molecule has 3 heteroatoms. The molecule has 1 aromatic rings. The van der Waals surface area contributed by atoms with Gasteiger partial charge in [-0.3, -0.25) is 0 Å². The van der Waals surface area contributed by atoms with Gasteiger partial charge in [0, 0.05) is 0 Å². The van der Waals surface area contributed by atoms with Gasteiger partial charge in [-0.15, -0.1) is 0 Å². The molecule has 0 fully saturated rings. The van der Waals surface area contributed by atoms with Crippen LogP contribution in [0.3, 0.4) is 0 Å². The molecule has 0 heterocycles. The van der Waals surface area contributed by atoms with Crippen LogP contribution in [0.15, 0.2) is 48.6 Å². The number of benzene rings is 1. The van der Waals surface area contributed by atoms with Crippen molar-refractivity contribution in [2.24, 2.45) is 0 Å². The number of aryl methyl sites for hydroxylation is 1. The molecule has 0 aromatic heterocycles. The summed E-state index contributed by atoms with van der Waals surface area (Å²) in [5.74, 6) is 0.653. The summed E-state index contributed by atoms with van der Waals surface area (Å²) < 4.78 is 0. The van der Waals surface area contributed by atoms with Gasteiger partial charge in [-0.1, -0.05) is 68.0 Å². The predicted molar refractivity (Wildman–Crippen MR) is 82.0 cm³/mol. The Kier molecular flexibility index (Phi) is 20.0. The van der Waals surface area contributed by atoms with Gasteiger partial charge < -0.3 is 24.8 Å². The second-order valence-electron chi connectivity index (χ2n) is 5.16. The number of rotatable bonds is 1. The molecule has 0 aliphatic heterocycles. The monoisotopic (exact) mass is 414 g/mol. The van der Waals surface area contributed by atoms with Crippen molar-refractivity contribution in [3.63, 3.8) is 0 Å². The normalized spacial score (nSPS) is 14.1. The Balaban J connectivity index is -0.000000274. The largest absolute Gasteiger partial charge is 2.00 e. The minimum absolute atomic E-state index is 0. The molecule has 0 unspecified atom stereocenters. The molecule has 0 saturated carbocycles. The smallest absolute Gasteiger partial charge is 1.00 e. The maximum atomic E-state index is 2.27. The summed E-state index contributed by atoms with van der Waals surface area (Å²) in [6.45, 7) is 6.54.